The van der Waals surface area contributed by atoms with Crippen molar-refractivity contribution in [3.05, 3.63) is 24.3 Å². The van der Waals surface area contributed by atoms with E-state index < -0.39 is 0 Å². The molecule has 4 N–H and O–H groups in total. The lowest BCUT2D eigenvalue weighted by atomic mass is 10.0. The van der Waals surface area contributed by atoms with Gasteiger partial charge in [-0.1, -0.05) is 0 Å². The topological polar surface area (TPSA) is 94.7 Å². The summed E-state index contributed by atoms with van der Waals surface area (Å²) in [6.45, 7) is 1.32. The standard InChI is InChI=1S/C21H29N5O3S/c1-29-17-7-4-14(5-8-17)24-21(30)25-15-10-18-20(28)22-11-16(26(18)12-15)6-9-19(27)23-13-2-3-13/h4-5,7-8,13,15-16,18H,2-3,6,9-12H2,1H3,(H,22,28)(H,23,27)(H2,24,25,30). The number of hydrogen-bond donors (Lipinski definition) is 4. The molecule has 2 heterocycles. The Labute approximate surface area is 182 Å². The predicted octanol–water partition coefficient (Wildman–Crippen LogP) is 0.982. The monoisotopic (exact) mass is 431 g/mol. The summed E-state index contributed by atoms with van der Waals surface area (Å²) in [6, 6.07) is 8.02. The van der Waals surface area contributed by atoms with Crippen LogP contribution in [0, 0.1) is 0 Å². The Morgan fingerprint density at radius 1 is 1.23 bits per heavy atom. The highest BCUT2D eigenvalue weighted by atomic mass is 32.1. The lowest BCUT2D eigenvalue weighted by Crippen LogP contribution is -2.58. The molecule has 0 bridgehead atoms. The Balaban J connectivity index is 1.28. The second kappa shape index (κ2) is 9.18. The molecule has 2 amide bonds. The Morgan fingerprint density at radius 3 is 2.70 bits per heavy atom. The minimum absolute atomic E-state index is 0.0620. The fraction of sp³-hybridized carbons (Fsp3) is 0.571. The van der Waals surface area contributed by atoms with E-state index in [0.717, 1.165) is 37.2 Å². The van der Waals surface area contributed by atoms with E-state index >= 15 is 0 Å². The van der Waals surface area contributed by atoms with Crippen LogP contribution in [-0.4, -0.2) is 66.2 Å². The molecule has 9 heteroatoms. The van der Waals surface area contributed by atoms with E-state index in [1.807, 2.05) is 24.3 Å². The van der Waals surface area contributed by atoms with Gasteiger partial charge in [-0.05, 0) is 62.2 Å². The number of carbonyl (C=O) groups excluding carboxylic acids is 2. The molecule has 0 aromatic heterocycles. The van der Waals surface area contributed by atoms with Crippen LogP contribution in [0.5, 0.6) is 5.75 Å². The van der Waals surface area contributed by atoms with E-state index in [-0.39, 0.29) is 29.9 Å². The van der Waals surface area contributed by atoms with Gasteiger partial charge in [0.25, 0.3) is 0 Å². The first-order chi connectivity index (χ1) is 14.5. The number of ether oxygens (including phenoxy) is 1. The van der Waals surface area contributed by atoms with Crippen LogP contribution in [0.3, 0.4) is 0 Å². The molecule has 2 saturated heterocycles. The molecule has 2 aliphatic heterocycles. The van der Waals surface area contributed by atoms with Crippen molar-refractivity contribution in [2.75, 3.05) is 25.5 Å². The molecule has 8 nitrogen and oxygen atoms in total. The molecular weight excluding hydrogens is 402 g/mol. The number of methoxy groups -OCH3 is 1. The Morgan fingerprint density at radius 2 is 2.00 bits per heavy atom. The lowest BCUT2D eigenvalue weighted by molar-refractivity contribution is -0.129. The number of hydrogen-bond acceptors (Lipinski definition) is 5. The van der Waals surface area contributed by atoms with E-state index in [4.69, 9.17) is 17.0 Å². The average Bonchev–Trinajstić information content (AvgIpc) is 3.44. The van der Waals surface area contributed by atoms with Crippen LogP contribution in [0.25, 0.3) is 0 Å². The summed E-state index contributed by atoms with van der Waals surface area (Å²) in [5.74, 6) is 0.965. The third kappa shape index (κ3) is 5.20. The third-order valence-corrected chi connectivity index (χ3v) is 6.17. The van der Waals surface area contributed by atoms with Gasteiger partial charge < -0.3 is 26.0 Å². The lowest BCUT2D eigenvalue weighted by Gasteiger charge is -2.37. The highest BCUT2D eigenvalue weighted by molar-refractivity contribution is 7.80. The molecule has 1 aromatic rings. The number of nitrogens with one attached hydrogen (secondary N) is 4. The zero-order valence-electron chi connectivity index (χ0n) is 17.1. The van der Waals surface area contributed by atoms with E-state index in [9.17, 15) is 9.59 Å². The van der Waals surface area contributed by atoms with Gasteiger partial charge in [0.15, 0.2) is 5.11 Å². The van der Waals surface area contributed by atoms with Gasteiger partial charge in [-0.25, -0.2) is 0 Å². The largest absolute Gasteiger partial charge is 0.497 e. The number of benzene rings is 1. The summed E-state index contributed by atoms with van der Waals surface area (Å²) in [5, 5.41) is 13.1. The van der Waals surface area contributed by atoms with Gasteiger partial charge in [-0.3, -0.25) is 14.5 Å². The molecule has 1 aliphatic carbocycles. The molecule has 3 aliphatic rings. The number of fused-ring (bicyclic) bond motifs is 1. The molecule has 0 spiro atoms. The Hall–Kier alpha value is -2.39. The van der Waals surface area contributed by atoms with Crippen LogP contribution in [0.15, 0.2) is 24.3 Å². The molecular formula is C21H29N5O3S. The summed E-state index contributed by atoms with van der Waals surface area (Å²) in [6.07, 6.45) is 4.13. The summed E-state index contributed by atoms with van der Waals surface area (Å²) < 4.78 is 5.17. The summed E-state index contributed by atoms with van der Waals surface area (Å²) in [7, 11) is 1.63. The van der Waals surface area contributed by atoms with Crippen molar-refractivity contribution in [3.63, 3.8) is 0 Å². The summed E-state index contributed by atoms with van der Waals surface area (Å²) >= 11 is 5.46. The van der Waals surface area contributed by atoms with Gasteiger partial charge in [-0.15, -0.1) is 0 Å². The quantitative estimate of drug-likeness (QED) is 0.478. The van der Waals surface area contributed by atoms with Crippen molar-refractivity contribution in [1.29, 1.82) is 0 Å². The van der Waals surface area contributed by atoms with Gasteiger partial charge in [-0.2, -0.15) is 0 Å². The van der Waals surface area contributed by atoms with Crippen molar-refractivity contribution >= 4 is 34.8 Å². The molecule has 162 valence electrons. The minimum Gasteiger partial charge on any atom is -0.497 e. The summed E-state index contributed by atoms with van der Waals surface area (Å²) in [5.41, 5.74) is 0.876. The second-order valence-corrected chi connectivity index (χ2v) is 8.66. The Kier molecular flexibility index (Phi) is 6.38. The van der Waals surface area contributed by atoms with Crippen LogP contribution in [0.2, 0.25) is 0 Å². The van der Waals surface area contributed by atoms with E-state index in [0.29, 0.717) is 30.5 Å². The molecule has 1 aromatic carbocycles. The van der Waals surface area contributed by atoms with Gasteiger partial charge in [0.05, 0.1) is 13.2 Å². The van der Waals surface area contributed by atoms with E-state index in [2.05, 4.69) is 26.2 Å². The number of nitrogens with zero attached hydrogens (tertiary/aromatic N) is 1. The maximum atomic E-state index is 12.4. The van der Waals surface area contributed by atoms with Crippen LogP contribution >= 0.6 is 12.2 Å². The SMILES string of the molecule is COc1ccc(NC(=S)NC2CC3C(=O)NCC(CCC(=O)NC4CC4)N3C2)cc1. The Bertz CT molecular complexity index is 798. The van der Waals surface area contributed by atoms with Gasteiger partial charge in [0.1, 0.15) is 5.75 Å². The number of amides is 2. The van der Waals surface area contributed by atoms with E-state index in [1.165, 1.54) is 0 Å². The summed E-state index contributed by atoms with van der Waals surface area (Å²) in [4.78, 5) is 26.7. The highest BCUT2D eigenvalue weighted by Crippen LogP contribution is 2.26. The van der Waals surface area contributed by atoms with Crippen molar-refractivity contribution in [3.8, 4) is 5.75 Å². The van der Waals surface area contributed by atoms with Crippen molar-refractivity contribution < 1.29 is 14.3 Å². The van der Waals surface area contributed by atoms with Crippen molar-refractivity contribution in [2.45, 2.75) is 56.3 Å². The number of anilines is 1. The number of piperazine rings is 1. The van der Waals surface area contributed by atoms with Gasteiger partial charge >= 0.3 is 0 Å². The molecule has 3 atom stereocenters. The molecule has 3 unspecified atom stereocenters. The predicted molar refractivity (Wildman–Crippen MR) is 118 cm³/mol. The third-order valence-electron chi connectivity index (χ3n) is 5.95. The smallest absolute Gasteiger partial charge is 0.237 e. The van der Waals surface area contributed by atoms with Crippen molar-refractivity contribution in [1.82, 2.24) is 20.9 Å². The maximum Gasteiger partial charge on any atom is 0.237 e. The first-order valence-corrected chi connectivity index (χ1v) is 11.0. The minimum atomic E-state index is -0.170. The van der Waals surface area contributed by atoms with Crippen LogP contribution < -0.4 is 26.0 Å². The van der Waals surface area contributed by atoms with E-state index in [1.54, 1.807) is 7.11 Å². The number of rotatable bonds is 7. The maximum absolute atomic E-state index is 12.4. The number of thiocarbonyl (C=S) groups is 1. The molecule has 4 rings (SSSR count). The zero-order valence-corrected chi connectivity index (χ0v) is 18.0. The molecule has 3 fully saturated rings. The van der Waals surface area contributed by atoms with Gasteiger partial charge in [0, 0.05) is 43.3 Å². The zero-order chi connectivity index (χ0) is 21.1. The fourth-order valence-corrected chi connectivity index (χ4v) is 4.48. The molecule has 0 radical (unpaired) electrons. The molecule has 30 heavy (non-hydrogen) atoms. The van der Waals surface area contributed by atoms with Crippen LogP contribution in [0.4, 0.5) is 5.69 Å². The number of carbonyl (C=O) groups is 2. The normalized spacial score (nSPS) is 25.8. The van der Waals surface area contributed by atoms with Gasteiger partial charge in [0.2, 0.25) is 11.8 Å². The second-order valence-electron chi connectivity index (χ2n) is 8.25. The first-order valence-electron chi connectivity index (χ1n) is 10.6. The van der Waals surface area contributed by atoms with Crippen molar-refractivity contribution in [2.24, 2.45) is 0 Å². The fourth-order valence-electron chi connectivity index (χ4n) is 4.20. The average molecular weight is 432 g/mol. The first kappa shape index (κ1) is 20.9. The van der Waals surface area contributed by atoms with Crippen LogP contribution in [0.1, 0.15) is 32.1 Å². The van der Waals surface area contributed by atoms with Crippen LogP contribution in [-0.2, 0) is 9.59 Å². The highest BCUT2D eigenvalue weighted by Gasteiger charge is 2.43. The molecule has 1 saturated carbocycles.